The van der Waals surface area contributed by atoms with Gasteiger partial charge in [0.05, 0.1) is 0 Å². The summed E-state index contributed by atoms with van der Waals surface area (Å²) in [5, 5.41) is 5.76. The average Bonchev–Trinajstić information content (AvgIpc) is 2.83. The van der Waals surface area contributed by atoms with Crippen molar-refractivity contribution in [1.82, 2.24) is 5.32 Å². The van der Waals surface area contributed by atoms with Crippen LogP contribution in [-0.4, -0.2) is 24.5 Å². The van der Waals surface area contributed by atoms with Crippen LogP contribution in [0.15, 0.2) is 78.9 Å². The largest absolute Gasteiger partial charge is 0.481 e. The van der Waals surface area contributed by atoms with Crippen LogP contribution in [0.5, 0.6) is 5.75 Å². The minimum Gasteiger partial charge on any atom is -0.481 e. The van der Waals surface area contributed by atoms with Crippen molar-refractivity contribution in [3.8, 4) is 16.9 Å². The Morgan fingerprint density at radius 1 is 0.875 bits per heavy atom. The van der Waals surface area contributed by atoms with E-state index in [0.29, 0.717) is 30.0 Å². The van der Waals surface area contributed by atoms with Gasteiger partial charge in [0.25, 0.3) is 11.8 Å². The third-order valence-corrected chi connectivity index (χ3v) is 5.11. The maximum absolute atomic E-state index is 12.8. The van der Waals surface area contributed by atoms with Crippen molar-refractivity contribution in [2.45, 2.75) is 39.2 Å². The molecule has 3 aromatic carbocycles. The van der Waals surface area contributed by atoms with Gasteiger partial charge in [-0.3, -0.25) is 9.59 Å². The molecule has 0 saturated carbocycles. The zero-order chi connectivity index (χ0) is 22.8. The second kappa shape index (κ2) is 11.7. The van der Waals surface area contributed by atoms with Gasteiger partial charge >= 0.3 is 0 Å². The summed E-state index contributed by atoms with van der Waals surface area (Å²) in [6.45, 7) is 4.62. The summed E-state index contributed by atoms with van der Waals surface area (Å²) in [6.07, 6.45) is 1.83. The Morgan fingerprint density at radius 3 is 2.28 bits per heavy atom. The molecule has 2 N–H and O–H groups in total. The molecule has 1 unspecified atom stereocenters. The average molecular weight is 431 g/mol. The topological polar surface area (TPSA) is 67.4 Å². The summed E-state index contributed by atoms with van der Waals surface area (Å²) in [5.41, 5.74) is 3.30. The first-order valence-electron chi connectivity index (χ1n) is 11.1. The van der Waals surface area contributed by atoms with Gasteiger partial charge in [0.1, 0.15) is 5.75 Å². The molecule has 3 aromatic rings. The fourth-order valence-corrected chi connectivity index (χ4v) is 3.28. The van der Waals surface area contributed by atoms with Crippen molar-refractivity contribution in [2.24, 2.45) is 0 Å². The fourth-order valence-electron chi connectivity index (χ4n) is 3.28. The van der Waals surface area contributed by atoms with Crippen LogP contribution in [0.1, 0.15) is 43.5 Å². The van der Waals surface area contributed by atoms with Gasteiger partial charge in [0.15, 0.2) is 6.10 Å². The minimum absolute atomic E-state index is 0.142. The molecule has 0 bridgehead atoms. The molecule has 2 amide bonds. The number of amides is 2. The Balaban J connectivity index is 1.61. The highest BCUT2D eigenvalue weighted by Gasteiger charge is 2.19. The van der Waals surface area contributed by atoms with Gasteiger partial charge in [-0.15, -0.1) is 0 Å². The van der Waals surface area contributed by atoms with Crippen LogP contribution in [0.4, 0.5) is 5.69 Å². The molecule has 0 spiro atoms. The van der Waals surface area contributed by atoms with Gasteiger partial charge in [-0.05, 0) is 54.3 Å². The highest BCUT2D eigenvalue weighted by atomic mass is 16.5. The first kappa shape index (κ1) is 23.1. The van der Waals surface area contributed by atoms with E-state index >= 15 is 0 Å². The first-order chi connectivity index (χ1) is 15.6. The summed E-state index contributed by atoms with van der Waals surface area (Å²) >= 11 is 0. The van der Waals surface area contributed by atoms with Crippen LogP contribution in [0.25, 0.3) is 11.1 Å². The van der Waals surface area contributed by atoms with Gasteiger partial charge in [-0.25, -0.2) is 0 Å². The minimum atomic E-state index is -0.639. The van der Waals surface area contributed by atoms with Crippen molar-refractivity contribution < 1.29 is 14.3 Å². The van der Waals surface area contributed by atoms with Crippen molar-refractivity contribution in [3.63, 3.8) is 0 Å². The highest BCUT2D eigenvalue weighted by molar-refractivity contribution is 5.98. The van der Waals surface area contributed by atoms with E-state index in [9.17, 15) is 9.59 Å². The van der Waals surface area contributed by atoms with Crippen molar-refractivity contribution in [2.75, 3.05) is 11.9 Å². The Kier molecular flexibility index (Phi) is 8.44. The standard InChI is InChI=1S/C27H30N2O3/c1-3-5-18-28-26(30)22-12-9-13-23(19-22)29-27(31)25(4-2)32-24-16-14-21(15-17-24)20-10-7-6-8-11-20/h6-17,19,25H,3-5,18H2,1-2H3,(H,28,30)(H,29,31). The Bertz CT molecular complexity index is 1020. The lowest BCUT2D eigenvalue weighted by molar-refractivity contribution is -0.122. The van der Waals surface area contributed by atoms with E-state index in [1.807, 2.05) is 49.4 Å². The van der Waals surface area contributed by atoms with Gasteiger partial charge in [0.2, 0.25) is 0 Å². The smallest absolute Gasteiger partial charge is 0.265 e. The van der Waals surface area contributed by atoms with Gasteiger partial charge < -0.3 is 15.4 Å². The number of anilines is 1. The van der Waals surface area contributed by atoms with Gasteiger partial charge in [-0.1, -0.05) is 68.8 Å². The molecule has 0 fully saturated rings. The zero-order valence-corrected chi connectivity index (χ0v) is 18.6. The molecule has 0 heterocycles. The Labute approximate surface area is 189 Å². The number of carbonyl (C=O) groups excluding carboxylic acids is 2. The second-order valence-corrected chi connectivity index (χ2v) is 7.58. The molecule has 0 aliphatic carbocycles. The Morgan fingerprint density at radius 2 is 1.59 bits per heavy atom. The molecule has 1 atom stereocenters. The fraction of sp³-hybridized carbons (Fsp3) is 0.259. The van der Waals surface area contributed by atoms with Crippen molar-refractivity contribution in [1.29, 1.82) is 0 Å². The normalized spacial score (nSPS) is 11.4. The third kappa shape index (κ3) is 6.45. The van der Waals surface area contributed by atoms with Crippen LogP contribution in [-0.2, 0) is 4.79 Å². The van der Waals surface area contributed by atoms with Crippen LogP contribution in [0, 0.1) is 0 Å². The van der Waals surface area contributed by atoms with Crippen molar-refractivity contribution >= 4 is 17.5 Å². The van der Waals surface area contributed by atoms with E-state index in [0.717, 1.165) is 24.0 Å². The zero-order valence-electron chi connectivity index (χ0n) is 18.6. The number of hydrogen-bond donors (Lipinski definition) is 2. The predicted molar refractivity (Wildman–Crippen MR) is 129 cm³/mol. The number of unbranched alkanes of at least 4 members (excludes halogenated alkanes) is 1. The molecule has 32 heavy (non-hydrogen) atoms. The summed E-state index contributed by atoms with van der Waals surface area (Å²) < 4.78 is 5.94. The summed E-state index contributed by atoms with van der Waals surface area (Å²) in [4.78, 5) is 25.1. The first-order valence-corrected chi connectivity index (χ1v) is 11.1. The SMILES string of the molecule is CCCCNC(=O)c1cccc(NC(=O)C(CC)Oc2ccc(-c3ccccc3)cc2)c1. The summed E-state index contributed by atoms with van der Waals surface area (Å²) in [5.74, 6) is 0.246. The number of rotatable bonds is 10. The van der Waals surface area contributed by atoms with Gasteiger partial charge in [0, 0.05) is 17.8 Å². The molecule has 3 rings (SSSR count). The summed E-state index contributed by atoms with van der Waals surface area (Å²) in [6, 6.07) is 24.7. The molecule has 5 heteroatoms. The maximum atomic E-state index is 12.8. The molecule has 0 radical (unpaired) electrons. The van der Waals surface area contributed by atoms with Crippen LogP contribution < -0.4 is 15.4 Å². The van der Waals surface area contributed by atoms with Crippen LogP contribution in [0.2, 0.25) is 0 Å². The lowest BCUT2D eigenvalue weighted by Gasteiger charge is -2.18. The van der Waals surface area contributed by atoms with E-state index in [4.69, 9.17) is 4.74 Å². The molecular weight excluding hydrogens is 400 g/mol. The number of ether oxygens (including phenoxy) is 1. The molecule has 5 nitrogen and oxygen atoms in total. The van der Waals surface area contributed by atoms with Gasteiger partial charge in [-0.2, -0.15) is 0 Å². The predicted octanol–water partition coefficient (Wildman–Crippen LogP) is 5.68. The quantitative estimate of drug-likeness (QED) is 0.407. The van der Waals surface area contributed by atoms with E-state index in [1.165, 1.54) is 0 Å². The second-order valence-electron chi connectivity index (χ2n) is 7.58. The van der Waals surface area contributed by atoms with E-state index < -0.39 is 6.10 Å². The van der Waals surface area contributed by atoms with Crippen molar-refractivity contribution in [3.05, 3.63) is 84.4 Å². The highest BCUT2D eigenvalue weighted by Crippen LogP contribution is 2.23. The molecule has 0 aromatic heterocycles. The number of nitrogens with one attached hydrogen (secondary N) is 2. The van der Waals surface area contributed by atoms with Crippen LogP contribution in [0.3, 0.4) is 0 Å². The summed E-state index contributed by atoms with van der Waals surface area (Å²) in [7, 11) is 0. The third-order valence-electron chi connectivity index (χ3n) is 5.11. The Hall–Kier alpha value is -3.60. The molecule has 0 saturated heterocycles. The number of hydrogen-bond acceptors (Lipinski definition) is 3. The molecule has 166 valence electrons. The number of benzene rings is 3. The molecule has 0 aliphatic rings. The maximum Gasteiger partial charge on any atom is 0.265 e. The lowest BCUT2D eigenvalue weighted by Crippen LogP contribution is -2.32. The van der Waals surface area contributed by atoms with Crippen LogP contribution >= 0.6 is 0 Å². The lowest BCUT2D eigenvalue weighted by atomic mass is 10.1. The molecule has 0 aliphatic heterocycles. The number of carbonyl (C=O) groups is 2. The van der Waals surface area contributed by atoms with E-state index in [1.54, 1.807) is 24.3 Å². The monoisotopic (exact) mass is 430 g/mol. The van der Waals surface area contributed by atoms with E-state index in [-0.39, 0.29) is 11.8 Å². The van der Waals surface area contributed by atoms with E-state index in [2.05, 4.69) is 29.7 Å². The molecular formula is C27H30N2O3.